The highest BCUT2D eigenvalue weighted by molar-refractivity contribution is 5.91. The van der Waals surface area contributed by atoms with E-state index in [-0.39, 0.29) is 49.4 Å². The van der Waals surface area contributed by atoms with Crippen LogP contribution < -0.4 is 4.74 Å². The van der Waals surface area contributed by atoms with E-state index in [1.54, 1.807) is 24.3 Å². The Hall–Kier alpha value is -4.47. The number of hydrogen-bond donors (Lipinski definition) is 0. The number of carbonyl (C=O) groups excluding carboxylic acids is 2. The van der Waals surface area contributed by atoms with Crippen molar-refractivity contribution in [2.24, 2.45) is 5.92 Å². The Bertz CT molecular complexity index is 1440. The van der Waals surface area contributed by atoms with Crippen molar-refractivity contribution in [2.45, 2.75) is 31.8 Å². The third kappa shape index (κ3) is 6.51. The first-order valence-electron chi connectivity index (χ1n) is 12.4. The van der Waals surface area contributed by atoms with Gasteiger partial charge in [-0.25, -0.2) is 22.8 Å². The number of carbonyl (C=O) groups is 2. The number of halogens is 3. The molecule has 0 aliphatic carbocycles. The number of Topliss-reactive ketones (excluding diaryl/α,β-unsaturated/α-hetero) is 1. The summed E-state index contributed by atoms with van der Waals surface area (Å²) in [4.78, 5) is 32.0. The molecule has 7 nitrogen and oxygen atoms in total. The largest absolute Gasteiger partial charge is 0.457 e. The molecule has 0 spiro atoms. The van der Waals surface area contributed by atoms with Crippen molar-refractivity contribution in [3.8, 4) is 11.5 Å². The summed E-state index contributed by atoms with van der Waals surface area (Å²) >= 11 is 0. The third-order valence-electron chi connectivity index (χ3n) is 6.72. The highest BCUT2D eigenvalue weighted by atomic mass is 19.1. The van der Waals surface area contributed by atoms with Crippen LogP contribution in [0.4, 0.5) is 13.2 Å². The van der Waals surface area contributed by atoms with Gasteiger partial charge >= 0.3 is 0 Å². The van der Waals surface area contributed by atoms with Crippen molar-refractivity contribution in [3.05, 3.63) is 108 Å². The minimum Gasteiger partial charge on any atom is -0.457 e. The molecule has 0 bridgehead atoms. The summed E-state index contributed by atoms with van der Waals surface area (Å²) in [6.07, 6.45) is 3.48. The summed E-state index contributed by atoms with van der Waals surface area (Å²) in [5.74, 6) is -1.25. The van der Waals surface area contributed by atoms with Gasteiger partial charge in [-0.1, -0.05) is 18.2 Å². The lowest BCUT2D eigenvalue weighted by Crippen LogP contribution is -2.42. The number of hydrogen-bond acceptors (Lipinski definition) is 5. The Morgan fingerprint density at radius 3 is 2.28 bits per heavy atom. The van der Waals surface area contributed by atoms with Gasteiger partial charge in [0.05, 0.1) is 6.04 Å². The predicted octanol–water partition coefficient (Wildman–Crippen LogP) is 4.76. The molecule has 10 heteroatoms. The summed E-state index contributed by atoms with van der Waals surface area (Å²) in [5.41, 5.74) is 1.08. The summed E-state index contributed by atoms with van der Waals surface area (Å²) in [6, 6.07) is 15.4. The number of likely N-dealkylation sites (tertiary alicyclic amines) is 1. The summed E-state index contributed by atoms with van der Waals surface area (Å²) < 4.78 is 47.9. The first-order valence-corrected chi connectivity index (χ1v) is 12.4. The lowest BCUT2D eigenvalue weighted by Gasteiger charge is -2.23. The minimum atomic E-state index is -0.690. The van der Waals surface area contributed by atoms with Gasteiger partial charge in [0, 0.05) is 19.0 Å². The highest BCUT2D eigenvalue weighted by Gasteiger charge is 2.39. The molecule has 1 amide bonds. The van der Waals surface area contributed by atoms with Crippen LogP contribution in [-0.4, -0.2) is 43.9 Å². The molecule has 1 aliphatic heterocycles. The number of ether oxygens (including phenoxy) is 1. The van der Waals surface area contributed by atoms with E-state index < -0.39 is 17.7 Å². The second kappa shape index (κ2) is 11.5. The van der Waals surface area contributed by atoms with Crippen LogP contribution in [0.5, 0.6) is 11.5 Å². The van der Waals surface area contributed by atoms with Gasteiger partial charge in [-0.3, -0.25) is 9.59 Å². The second-order valence-electron chi connectivity index (χ2n) is 9.54. The number of rotatable bonds is 9. The molecule has 1 aromatic heterocycles. The molecule has 1 fully saturated rings. The minimum absolute atomic E-state index is 0.0726. The van der Waals surface area contributed by atoms with Gasteiger partial charge < -0.3 is 9.64 Å². The van der Waals surface area contributed by atoms with Gasteiger partial charge in [0.25, 0.3) is 0 Å². The monoisotopic (exact) mass is 534 g/mol. The standard InChI is InChI=1S/C29H25F3N4O3/c30-22-5-9-25(10-6-22)39-24-7-1-19(2-8-24)13-28(37)27-12-20(11-21-3-4-23(31)14-26(21)32)15-36(27)29(38)16-35-18-33-17-34-35/h1-10,14,17-18,20,27H,11-13,15-16H2/t20-,27+/m1/s1. The molecule has 0 saturated carbocycles. The molecule has 2 atom stereocenters. The van der Waals surface area contributed by atoms with Gasteiger partial charge in [0.1, 0.15) is 48.2 Å². The Balaban J connectivity index is 1.28. The van der Waals surface area contributed by atoms with E-state index in [2.05, 4.69) is 10.1 Å². The number of benzene rings is 3. The maximum absolute atomic E-state index is 14.3. The molecule has 39 heavy (non-hydrogen) atoms. The summed E-state index contributed by atoms with van der Waals surface area (Å²) in [5, 5.41) is 3.97. The van der Waals surface area contributed by atoms with Crippen LogP contribution in [0.15, 0.2) is 79.4 Å². The van der Waals surface area contributed by atoms with Crippen LogP contribution >= 0.6 is 0 Å². The molecule has 2 heterocycles. The lowest BCUT2D eigenvalue weighted by molar-refractivity contribution is -0.138. The Morgan fingerprint density at radius 2 is 1.62 bits per heavy atom. The normalized spacial score (nSPS) is 16.8. The van der Waals surface area contributed by atoms with Crippen molar-refractivity contribution < 1.29 is 27.5 Å². The van der Waals surface area contributed by atoms with Crippen molar-refractivity contribution in [1.29, 1.82) is 0 Å². The second-order valence-corrected chi connectivity index (χ2v) is 9.54. The fourth-order valence-corrected chi connectivity index (χ4v) is 4.83. The molecule has 200 valence electrons. The molecule has 3 aromatic carbocycles. The van der Waals surface area contributed by atoms with Crippen molar-refractivity contribution >= 4 is 11.7 Å². The van der Waals surface area contributed by atoms with E-state index in [0.717, 1.165) is 11.6 Å². The number of ketones is 1. The Kier molecular flexibility index (Phi) is 7.72. The van der Waals surface area contributed by atoms with Crippen LogP contribution in [0.2, 0.25) is 0 Å². The first kappa shape index (κ1) is 26.1. The molecule has 0 unspecified atom stereocenters. The van der Waals surface area contributed by atoms with Gasteiger partial charge in [0.15, 0.2) is 5.78 Å². The van der Waals surface area contributed by atoms with E-state index in [1.165, 1.54) is 58.6 Å². The van der Waals surface area contributed by atoms with Crippen LogP contribution in [0.3, 0.4) is 0 Å². The maximum atomic E-state index is 14.3. The lowest BCUT2D eigenvalue weighted by atomic mass is 9.94. The fraction of sp³-hybridized carbons (Fsp3) is 0.241. The maximum Gasteiger partial charge on any atom is 0.244 e. The third-order valence-corrected chi connectivity index (χ3v) is 6.72. The van der Waals surface area contributed by atoms with Gasteiger partial charge in [-0.05, 0) is 72.4 Å². The fourth-order valence-electron chi connectivity index (χ4n) is 4.83. The first-order chi connectivity index (χ1) is 18.8. The van der Waals surface area contributed by atoms with E-state index in [9.17, 15) is 22.8 Å². The molecule has 1 saturated heterocycles. The molecule has 1 aliphatic rings. The van der Waals surface area contributed by atoms with Gasteiger partial charge in [-0.2, -0.15) is 5.10 Å². The highest BCUT2D eigenvalue weighted by Crippen LogP contribution is 2.30. The van der Waals surface area contributed by atoms with E-state index in [1.807, 2.05) is 0 Å². The topological polar surface area (TPSA) is 77.3 Å². The number of amides is 1. The zero-order chi connectivity index (χ0) is 27.4. The van der Waals surface area contributed by atoms with E-state index in [0.29, 0.717) is 23.5 Å². The number of aromatic nitrogens is 3. The molecule has 5 rings (SSSR count). The quantitative estimate of drug-likeness (QED) is 0.310. The van der Waals surface area contributed by atoms with Gasteiger partial charge in [-0.15, -0.1) is 0 Å². The number of nitrogens with zero attached hydrogens (tertiary/aromatic N) is 4. The molecule has 4 aromatic rings. The predicted molar refractivity (Wildman–Crippen MR) is 135 cm³/mol. The molecular formula is C29H25F3N4O3. The molecular weight excluding hydrogens is 509 g/mol. The zero-order valence-electron chi connectivity index (χ0n) is 20.8. The molecule has 0 N–H and O–H groups in total. The van der Waals surface area contributed by atoms with Crippen LogP contribution in [0.25, 0.3) is 0 Å². The van der Waals surface area contributed by atoms with Crippen molar-refractivity contribution in [2.75, 3.05) is 6.54 Å². The Morgan fingerprint density at radius 1 is 0.923 bits per heavy atom. The van der Waals surface area contributed by atoms with Crippen LogP contribution in [0, 0.1) is 23.4 Å². The van der Waals surface area contributed by atoms with Crippen LogP contribution in [-0.2, 0) is 29.0 Å². The SMILES string of the molecule is O=C(Cc1ccc(Oc2ccc(F)cc2)cc1)[C@@H]1C[C@@H](Cc2ccc(F)cc2F)CN1C(=O)Cn1cncn1. The summed E-state index contributed by atoms with van der Waals surface area (Å²) in [7, 11) is 0. The van der Waals surface area contributed by atoms with Crippen LogP contribution in [0.1, 0.15) is 17.5 Å². The average Bonchev–Trinajstić information content (AvgIpc) is 3.58. The Labute approximate surface area is 222 Å². The smallest absolute Gasteiger partial charge is 0.244 e. The van der Waals surface area contributed by atoms with Gasteiger partial charge in [0.2, 0.25) is 5.91 Å². The zero-order valence-corrected chi connectivity index (χ0v) is 20.8. The van der Waals surface area contributed by atoms with E-state index >= 15 is 0 Å². The summed E-state index contributed by atoms with van der Waals surface area (Å²) in [6.45, 7) is 0.196. The molecule has 0 radical (unpaired) electrons. The van der Waals surface area contributed by atoms with Crippen molar-refractivity contribution in [1.82, 2.24) is 19.7 Å². The van der Waals surface area contributed by atoms with Crippen molar-refractivity contribution in [3.63, 3.8) is 0 Å². The average molecular weight is 535 g/mol. The van der Waals surface area contributed by atoms with E-state index in [4.69, 9.17) is 4.74 Å².